The summed E-state index contributed by atoms with van der Waals surface area (Å²) in [5.74, 6) is 0.334. The minimum absolute atomic E-state index is 0.140. The molecule has 0 saturated carbocycles. The molecule has 0 unspecified atom stereocenters. The number of amides is 2. The molecule has 0 aliphatic heterocycles. The van der Waals surface area contributed by atoms with Crippen molar-refractivity contribution in [1.82, 2.24) is 5.32 Å². The zero-order valence-corrected chi connectivity index (χ0v) is 17.2. The van der Waals surface area contributed by atoms with Crippen molar-refractivity contribution >= 4 is 33.4 Å². The van der Waals surface area contributed by atoms with Gasteiger partial charge in [-0.1, -0.05) is 15.9 Å². The van der Waals surface area contributed by atoms with E-state index in [4.69, 9.17) is 10.00 Å². The Balaban J connectivity index is 1.95. The summed E-state index contributed by atoms with van der Waals surface area (Å²) in [6.07, 6.45) is 0.366. The van der Waals surface area contributed by atoms with Gasteiger partial charge in [-0.25, -0.2) is 0 Å². The normalized spacial score (nSPS) is 10.0. The topological polar surface area (TPSA) is 82.4 Å². The molecule has 0 bridgehead atoms. The van der Waals surface area contributed by atoms with E-state index in [0.29, 0.717) is 24.4 Å². The number of hydrogen-bond acceptors (Lipinski definition) is 4. The number of hydrogen-bond donors (Lipinski definition) is 1. The lowest BCUT2D eigenvalue weighted by molar-refractivity contribution is -0.118. The minimum atomic E-state index is -0.232. The number of halogens is 1. The van der Waals surface area contributed by atoms with Gasteiger partial charge in [0.05, 0.1) is 19.1 Å². The second-order valence-corrected chi connectivity index (χ2v) is 6.81. The molecule has 0 aliphatic carbocycles. The van der Waals surface area contributed by atoms with Crippen LogP contribution in [-0.4, -0.2) is 31.5 Å². The van der Waals surface area contributed by atoms with E-state index in [-0.39, 0.29) is 31.2 Å². The second-order valence-electron chi connectivity index (χ2n) is 5.89. The van der Waals surface area contributed by atoms with E-state index in [1.165, 1.54) is 0 Å². The summed E-state index contributed by atoms with van der Waals surface area (Å²) in [6.45, 7) is 2.98. The molecule has 0 saturated heterocycles. The number of carbonyl (C=O) groups is 2. The molecule has 0 aromatic heterocycles. The van der Waals surface area contributed by atoms with Crippen LogP contribution < -0.4 is 15.0 Å². The Morgan fingerprint density at radius 3 is 2.43 bits per heavy atom. The van der Waals surface area contributed by atoms with Crippen LogP contribution >= 0.6 is 15.9 Å². The number of nitriles is 1. The summed E-state index contributed by atoms with van der Waals surface area (Å²) in [4.78, 5) is 26.4. The van der Waals surface area contributed by atoms with Gasteiger partial charge in [-0.2, -0.15) is 5.26 Å². The van der Waals surface area contributed by atoms with Crippen LogP contribution in [0.4, 0.5) is 5.69 Å². The molecule has 0 radical (unpaired) electrons. The number of benzene rings is 2. The zero-order chi connectivity index (χ0) is 20.4. The average molecular weight is 444 g/mol. The van der Waals surface area contributed by atoms with Crippen LogP contribution in [0, 0.1) is 11.3 Å². The predicted octanol–water partition coefficient (Wildman–Crippen LogP) is 3.91. The van der Waals surface area contributed by atoms with Gasteiger partial charge in [0.2, 0.25) is 5.91 Å². The molecule has 2 aromatic rings. The van der Waals surface area contributed by atoms with Crippen LogP contribution in [0.3, 0.4) is 0 Å². The Morgan fingerprint density at radius 1 is 1.14 bits per heavy atom. The second kappa shape index (κ2) is 11.1. The fraction of sp³-hybridized carbons (Fsp3) is 0.286. The van der Waals surface area contributed by atoms with Crippen molar-refractivity contribution in [3.63, 3.8) is 0 Å². The Morgan fingerprint density at radius 2 is 1.82 bits per heavy atom. The number of nitrogens with zero attached hydrogens (tertiary/aromatic N) is 2. The molecule has 2 aromatic carbocycles. The van der Waals surface area contributed by atoms with Crippen LogP contribution in [0.2, 0.25) is 0 Å². The quantitative estimate of drug-likeness (QED) is 0.636. The Bertz CT molecular complexity index is 829. The maximum atomic E-state index is 12.7. The van der Waals surface area contributed by atoms with Crippen LogP contribution in [-0.2, 0) is 4.79 Å². The average Bonchev–Trinajstić information content (AvgIpc) is 2.70. The molecule has 2 rings (SSSR count). The van der Waals surface area contributed by atoms with E-state index >= 15 is 0 Å². The summed E-state index contributed by atoms with van der Waals surface area (Å²) in [5.41, 5.74) is 1.23. The number of anilines is 1. The molecule has 2 amide bonds. The summed E-state index contributed by atoms with van der Waals surface area (Å²) in [7, 11) is 0. The largest absolute Gasteiger partial charge is 0.494 e. The fourth-order valence-electron chi connectivity index (χ4n) is 2.57. The number of nitrogens with one attached hydrogen (secondary N) is 1. The van der Waals surface area contributed by atoms with Crippen molar-refractivity contribution in [3.05, 3.63) is 58.6 Å². The highest BCUT2D eigenvalue weighted by Gasteiger charge is 2.16. The lowest BCUT2D eigenvalue weighted by Crippen LogP contribution is -2.35. The van der Waals surface area contributed by atoms with Crippen molar-refractivity contribution < 1.29 is 14.3 Å². The molecule has 1 N–H and O–H groups in total. The van der Waals surface area contributed by atoms with Gasteiger partial charge in [-0.05, 0) is 55.5 Å². The molecule has 0 heterocycles. The van der Waals surface area contributed by atoms with Crippen LogP contribution in [0.5, 0.6) is 5.75 Å². The smallest absolute Gasteiger partial charge is 0.251 e. The van der Waals surface area contributed by atoms with E-state index in [0.717, 1.165) is 10.2 Å². The van der Waals surface area contributed by atoms with Crippen molar-refractivity contribution in [2.75, 3.05) is 24.6 Å². The molecule has 0 aliphatic rings. The number of carbonyl (C=O) groups excluding carboxylic acids is 2. The first-order chi connectivity index (χ1) is 13.5. The lowest BCUT2D eigenvalue weighted by Gasteiger charge is -2.22. The molecule has 28 heavy (non-hydrogen) atoms. The SMILES string of the molecule is CCOc1ccc(N(CCC#N)C(=O)CCNC(=O)c2ccc(Br)cc2)cc1. The highest BCUT2D eigenvalue weighted by Crippen LogP contribution is 2.20. The highest BCUT2D eigenvalue weighted by atomic mass is 79.9. The number of ether oxygens (including phenoxy) is 1. The van der Waals surface area contributed by atoms with Crippen LogP contribution in [0.25, 0.3) is 0 Å². The third kappa shape index (κ3) is 6.39. The van der Waals surface area contributed by atoms with Crippen molar-refractivity contribution in [2.24, 2.45) is 0 Å². The third-order valence-corrected chi connectivity index (χ3v) is 4.47. The van der Waals surface area contributed by atoms with E-state index in [2.05, 4.69) is 27.3 Å². The number of rotatable bonds is 9. The summed E-state index contributed by atoms with van der Waals surface area (Å²) in [5, 5.41) is 11.6. The van der Waals surface area contributed by atoms with Crippen molar-refractivity contribution in [2.45, 2.75) is 19.8 Å². The van der Waals surface area contributed by atoms with Gasteiger partial charge >= 0.3 is 0 Å². The van der Waals surface area contributed by atoms with E-state index in [1.54, 1.807) is 53.4 Å². The molecule has 6 nitrogen and oxygen atoms in total. The Kier molecular flexibility index (Phi) is 8.50. The van der Waals surface area contributed by atoms with Gasteiger partial charge in [0.25, 0.3) is 5.91 Å². The van der Waals surface area contributed by atoms with Gasteiger partial charge in [0, 0.05) is 35.2 Å². The monoisotopic (exact) mass is 443 g/mol. The van der Waals surface area contributed by atoms with Crippen molar-refractivity contribution in [1.29, 1.82) is 5.26 Å². The minimum Gasteiger partial charge on any atom is -0.494 e. The predicted molar refractivity (Wildman–Crippen MR) is 111 cm³/mol. The first kappa shape index (κ1) is 21.5. The van der Waals surface area contributed by atoms with Crippen molar-refractivity contribution in [3.8, 4) is 11.8 Å². The molecule has 146 valence electrons. The zero-order valence-electron chi connectivity index (χ0n) is 15.7. The molecular weight excluding hydrogens is 422 g/mol. The Hall–Kier alpha value is -2.85. The summed E-state index contributed by atoms with van der Waals surface area (Å²) < 4.78 is 6.31. The molecular formula is C21H22BrN3O3. The lowest BCUT2D eigenvalue weighted by atomic mass is 10.2. The molecule has 0 fully saturated rings. The van der Waals surface area contributed by atoms with Crippen LogP contribution in [0.15, 0.2) is 53.0 Å². The van der Waals surface area contributed by atoms with Gasteiger partial charge in [0.15, 0.2) is 0 Å². The molecule has 7 heteroatoms. The summed E-state index contributed by atoms with van der Waals surface area (Å²) in [6, 6.07) is 16.2. The highest BCUT2D eigenvalue weighted by molar-refractivity contribution is 9.10. The van der Waals surface area contributed by atoms with E-state index in [9.17, 15) is 9.59 Å². The van der Waals surface area contributed by atoms with Gasteiger partial charge in [-0.15, -0.1) is 0 Å². The molecule has 0 spiro atoms. The van der Waals surface area contributed by atoms with E-state index in [1.807, 2.05) is 6.92 Å². The fourth-order valence-corrected chi connectivity index (χ4v) is 2.83. The Labute approximate surface area is 173 Å². The first-order valence-electron chi connectivity index (χ1n) is 8.99. The van der Waals surface area contributed by atoms with Gasteiger partial charge < -0.3 is 15.0 Å². The first-order valence-corrected chi connectivity index (χ1v) is 9.78. The third-order valence-electron chi connectivity index (χ3n) is 3.94. The van der Waals surface area contributed by atoms with E-state index < -0.39 is 0 Å². The molecule has 0 atom stereocenters. The maximum Gasteiger partial charge on any atom is 0.251 e. The van der Waals surface area contributed by atoms with Gasteiger partial charge in [-0.3, -0.25) is 9.59 Å². The maximum absolute atomic E-state index is 12.7. The van der Waals surface area contributed by atoms with Crippen LogP contribution in [0.1, 0.15) is 30.1 Å². The summed E-state index contributed by atoms with van der Waals surface area (Å²) >= 11 is 3.33. The van der Waals surface area contributed by atoms with Gasteiger partial charge in [0.1, 0.15) is 5.75 Å². The standard InChI is InChI=1S/C21H22BrN3O3/c1-2-28-19-10-8-18(9-11-19)25(15-3-13-23)20(26)12-14-24-21(27)16-4-6-17(22)7-5-16/h4-11H,2-3,12,14-15H2,1H3,(H,24,27).